The van der Waals surface area contributed by atoms with Gasteiger partial charge in [-0.2, -0.15) is 5.10 Å². The van der Waals surface area contributed by atoms with Crippen molar-refractivity contribution in [3.05, 3.63) is 17.5 Å². The Hall–Kier alpha value is -1.20. The van der Waals surface area contributed by atoms with Crippen LogP contribution in [0.5, 0.6) is 0 Å². The highest BCUT2D eigenvalue weighted by Crippen LogP contribution is 2.06. The Morgan fingerprint density at radius 1 is 1.39 bits per heavy atom. The molecule has 0 radical (unpaired) electrons. The van der Waals surface area contributed by atoms with Gasteiger partial charge in [0.15, 0.2) is 0 Å². The number of methoxy groups -OCH3 is 1. The molecule has 0 saturated heterocycles. The standard InChI is InChI=1S/C13H22N2O3/c1-4-15-12(9-11(2)14-15)10-13(16)5-6-18-8-7-17-3/h9H,4-8,10H2,1-3H3. The zero-order valence-corrected chi connectivity index (χ0v) is 11.4. The minimum Gasteiger partial charge on any atom is -0.382 e. The van der Waals surface area contributed by atoms with E-state index >= 15 is 0 Å². The molecular weight excluding hydrogens is 232 g/mol. The van der Waals surface area contributed by atoms with Crippen molar-refractivity contribution in [3.63, 3.8) is 0 Å². The van der Waals surface area contributed by atoms with Gasteiger partial charge >= 0.3 is 0 Å². The molecule has 0 aliphatic carbocycles. The quantitative estimate of drug-likeness (QED) is 0.625. The summed E-state index contributed by atoms with van der Waals surface area (Å²) < 4.78 is 12.0. The van der Waals surface area contributed by atoms with Crippen LogP contribution in [0.3, 0.4) is 0 Å². The van der Waals surface area contributed by atoms with Gasteiger partial charge in [-0.3, -0.25) is 9.48 Å². The number of carbonyl (C=O) groups excluding carboxylic acids is 1. The Morgan fingerprint density at radius 3 is 2.83 bits per heavy atom. The molecule has 0 atom stereocenters. The predicted octanol–water partition coefficient (Wildman–Crippen LogP) is 1.38. The molecule has 1 aromatic heterocycles. The second kappa shape index (κ2) is 8.00. The average Bonchev–Trinajstić information content (AvgIpc) is 2.69. The van der Waals surface area contributed by atoms with Crippen LogP contribution in [0.4, 0.5) is 0 Å². The maximum Gasteiger partial charge on any atom is 0.141 e. The molecule has 0 aliphatic rings. The van der Waals surface area contributed by atoms with Crippen LogP contribution in [-0.4, -0.2) is 42.5 Å². The van der Waals surface area contributed by atoms with Crippen LogP contribution in [0.15, 0.2) is 6.07 Å². The van der Waals surface area contributed by atoms with E-state index in [1.165, 1.54) is 0 Å². The summed E-state index contributed by atoms with van der Waals surface area (Å²) in [5.74, 6) is 0.182. The van der Waals surface area contributed by atoms with Gasteiger partial charge < -0.3 is 9.47 Å². The van der Waals surface area contributed by atoms with Crippen molar-refractivity contribution in [2.24, 2.45) is 0 Å². The summed E-state index contributed by atoms with van der Waals surface area (Å²) in [5, 5.41) is 4.32. The van der Waals surface area contributed by atoms with Crippen molar-refractivity contribution in [1.29, 1.82) is 0 Å². The lowest BCUT2D eigenvalue weighted by Gasteiger charge is -2.05. The van der Waals surface area contributed by atoms with E-state index in [-0.39, 0.29) is 5.78 Å². The number of ketones is 1. The van der Waals surface area contributed by atoms with Gasteiger partial charge in [0.05, 0.1) is 25.5 Å². The first-order valence-electron chi connectivity index (χ1n) is 6.29. The molecule has 0 N–H and O–H groups in total. The third-order valence-electron chi connectivity index (χ3n) is 2.62. The van der Waals surface area contributed by atoms with E-state index in [2.05, 4.69) is 5.10 Å². The van der Waals surface area contributed by atoms with Crippen LogP contribution < -0.4 is 0 Å². The van der Waals surface area contributed by atoms with E-state index < -0.39 is 0 Å². The maximum atomic E-state index is 11.8. The molecule has 0 aromatic carbocycles. The Morgan fingerprint density at radius 2 is 2.17 bits per heavy atom. The minimum atomic E-state index is 0.182. The lowest BCUT2D eigenvalue weighted by atomic mass is 10.1. The van der Waals surface area contributed by atoms with Crippen LogP contribution in [-0.2, 0) is 27.2 Å². The molecule has 0 amide bonds. The fourth-order valence-corrected chi connectivity index (χ4v) is 1.74. The number of hydrogen-bond acceptors (Lipinski definition) is 4. The predicted molar refractivity (Wildman–Crippen MR) is 68.7 cm³/mol. The fraction of sp³-hybridized carbons (Fsp3) is 0.692. The second-order valence-corrected chi connectivity index (χ2v) is 4.16. The number of rotatable bonds is 9. The molecule has 0 aliphatic heterocycles. The summed E-state index contributed by atoms with van der Waals surface area (Å²) in [6.45, 7) is 6.32. The largest absolute Gasteiger partial charge is 0.382 e. The van der Waals surface area contributed by atoms with E-state index in [9.17, 15) is 4.79 Å². The van der Waals surface area contributed by atoms with Gasteiger partial charge in [-0.25, -0.2) is 0 Å². The van der Waals surface area contributed by atoms with Crippen molar-refractivity contribution in [3.8, 4) is 0 Å². The first-order chi connectivity index (χ1) is 8.67. The maximum absolute atomic E-state index is 11.8. The normalized spacial score (nSPS) is 10.8. The van der Waals surface area contributed by atoms with Crippen molar-refractivity contribution in [1.82, 2.24) is 9.78 Å². The highest BCUT2D eigenvalue weighted by molar-refractivity contribution is 5.80. The average molecular weight is 254 g/mol. The number of aromatic nitrogens is 2. The first kappa shape index (κ1) is 14.9. The molecule has 1 rings (SSSR count). The molecule has 0 spiro atoms. The zero-order chi connectivity index (χ0) is 13.4. The lowest BCUT2D eigenvalue weighted by molar-refractivity contribution is -0.119. The summed E-state index contributed by atoms with van der Waals surface area (Å²) in [7, 11) is 1.63. The Kier molecular flexibility index (Phi) is 6.60. The number of carbonyl (C=O) groups is 1. The van der Waals surface area contributed by atoms with E-state index in [0.29, 0.717) is 32.7 Å². The summed E-state index contributed by atoms with van der Waals surface area (Å²) in [6, 6.07) is 1.97. The third-order valence-corrected chi connectivity index (χ3v) is 2.62. The molecule has 0 saturated carbocycles. The highest BCUT2D eigenvalue weighted by Gasteiger charge is 2.09. The summed E-state index contributed by atoms with van der Waals surface area (Å²) in [5.41, 5.74) is 1.94. The van der Waals surface area contributed by atoms with Gasteiger partial charge in [0.2, 0.25) is 0 Å². The molecule has 5 nitrogen and oxygen atoms in total. The van der Waals surface area contributed by atoms with Crippen molar-refractivity contribution < 1.29 is 14.3 Å². The van der Waals surface area contributed by atoms with E-state index in [1.807, 2.05) is 24.6 Å². The number of hydrogen-bond donors (Lipinski definition) is 0. The van der Waals surface area contributed by atoms with Crippen LogP contribution >= 0.6 is 0 Å². The Labute approximate surface area is 108 Å². The van der Waals surface area contributed by atoms with E-state index in [1.54, 1.807) is 7.11 Å². The zero-order valence-electron chi connectivity index (χ0n) is 11.4. The second-order valence-electron chi connectivity index (χ2n) is 4.16. The van der Waals surface area contributed by atoms with Crippen LogP contribution in [0.1, 0.15) is 24.7 Å². The number of ether oxygens (including phenoxy) is 2. The van der Waals surface area contributed by atoms with Crippen molar-refractivity contribution >= 4 is 5.78 Å². The van der Waals surface area contributed by atoms with Crippen LogP contribution in [0, 0.1) is 6.92 Å². The number of aryl methyl sites for hydroxylation is 2. The summed E-state index contributed by atoms with van der Waals surface area (Å²) >= 11 is 0. The van der Waals surface area contributed by atoms with Crippen molar-refractivity contribution in [2.75, 3.05) is 26.9 Å². The summed E-state index contributed by atoms with van der Waals surface area (Å²) in [4.78, 5) is 11.8. The fourth-order valence-electron chi connectivity index (χ4n) is 1.74. The van der Waals surface area contributed by atoms with Gasteiger partial charge in [0.25, 0.3) is 0 Å². The Balaban J connectivity index is 2.31. The molecular formula is C13H22N2O3. The number of nitrogens with zero attached hydrogens (tertiary/aromatic N) is 2. The molecule has 0 fully saturated rings. The van der Waals surface area contributed by atoms with Gasteiger partial charge in [-0.05, 0) is 19.9 Å². The molecule has 18 heavy (non-hydrogen) atoms. The van der Waals surface area contributed by atoms with E-state index in [0.717, 1.165) is 17.9 Å². The molecule has 102 valence electrons. The first-order valence-corrected chi connectivity index (χ1v) is 6.29. The summed E-state index contributed by atoms with van der Waals surface area (Å²) in [6.07, 6.45) is 0.875. The van der Waals surface area contributed by atoms with Gasteiger partial charge in [0, 0.05) is 32.2 Å². The SMILES string of the molecule is CCn1nc(C)cc1CC(=O)CCOCCOC. The van der Waals surface area contributed by atoms with Gasteiger partial charge in [-0.15, -0.1) is 0 Å². The molecule has 0 bridgehead atoms. The third kappa shape index (κ3) is 4.98. The minimum absolute atomic E-state index is 0.182. The van der Waals surface area contributed by atoms with Gasteiger partial charge in [0.1, 0.15) is 5.78 Å². The van der Waals surface area contributed by atoms with Crippen molar-refractivity contribution in [2.45, 2.75) is 33.2 Å². The van der Waals surface area contributed by atoms with Crippen LogP contribution in [0.2, 0.25) is 0 Å². The lowest BCUT2D eigenvalue weighted by Crippen LogP contribution is -2.12. The smallest absolute Gasteiger partial charge is 0.141 e. The monoisotopic (exact) mass is 254 g/mol. The molecule has 1 aromatic rings. The molecule has 1 heterocycles. The van der Waals surface area contributed by atoms with Crippen LogP contribution in [0.25, 0.3) is 0 Å². The number of Topliss-reactive ketones (excluding diaryl/α,β-unsaturated/α-hetero) is 1. The molecule has 5 heteroatoms. The van der Waals surface area contributed by atoms with E-state index in [4.69, 9.17) is 9.47 Å². The highest BCUT2D eigenvalue weighted by atomic mass is 16.5. The Bertz CT molecular complexity index is 374. The van der Waals surface area contributed by atoms with Gasteiger partial charge in [-0.1, -0.05) is 0 Å². The molecule has 0 unspecified atom stereocenters. The topological polar surface area (TPSA) is 53.4 Å².